The number of aryl methyl sites for hydroxylation is 4. The van der Waals surface area contributed by atoms with Gasteiger partial charge in [0.2, 0.25) is 5.91 Å². The van der Waals surface area contributed by atoms with Gasteiger partial charge in [-0.3, -0.25) is 19.0 Å². The number of amides is 2. The van der Waals surface area contributed by atoms with E-state index in [1.54, 1.807) is 10.7 Å². The normalized spacial score (nSPS) is 10.8. The Bertz CT molecular complexity index is 774. The Morgan fingerprint density at radius 3 is 2.32 bits per heavy atom. The molecule has 8 heteroatoms. The third kappa shape index (κ3) is 4.26. The van der Waals surface area contributed by atoms with Crippen molar-refractivity contribution in [3.05, 3.63) is 34.4 Å². The lowest BCUT2D eigenvalue weighted by atomic mass is 10.2. The van der Waals surface area contributed by atoms with Crippen LogP contribution in [0.15, 0.2) is 6.07 Å². The molecule has 0 aliphatic rings. The minimum atomic E-state index is -0.302. The van der Waals surface area contributed by atoms with E-state index >= 15 is 0 Å². The van der Waals surface area contributed by atoms with Gasteiger partial charge in [0, 0.05) is 30.9 Å². The summed E-state index contributed by atoms with van der Waals surface area (Å²) in [6, 6.07) is 1.71. The van der Waals surface area contributed by atoms with E-state index in [0.29, 0.717) is 18.8 Å². The van der Waals surface area contributed by atoms with Gasteiger partial charge in [-0.1, -0.05) is 0 Å². The summed E-state index contributed by atoms with van der Waals surface area (Å²) in [5, 5.41) is 14.1. The summed E-state index contributed by atoms with van der Waals surface area (Å²) in [5.41, 5.74) is 4.21. The van der Waals surface area contributed by atoms with Gasteiger partial charge in [-0.2, -0.15) is 10.2 Å². The average molecular weight is 346 g/mol. The molecule has 0 unspecified atom stereocenters. The first-order chi connectivity index (χ1) is 11.9. The third-order valence-electron chi connectivity index (χ3n) is 4.14. The first-order valence-corrected chi connectivity index (χ1v) is 8.49. The molecule has 0 aliphatic carbocycles. The second kappa shape index (κ2) is 7.96. The largest absolute Gasteiger partial charge is 0.350 e. The summed E-state index contributed by atoms with van der Waals surface area (Å²) in [6.07, 6.45) is 0. The molecule has 2 amide bonds. The maximum absolute atomic E-state index is 12.2. The zero-order valence-electron chi connectivity index (χ0n) is 15.5. The molecular formula is C17H26N6O2. The highest BCUT2D eigenvalue weighted by Crippen LogP contribution is 2.12. The number of nitrogens with one attached hydrogen (secondary N) is 2. The minimum Gasteiger partial charge on any atom is -0.350 e. The van der Waals surface area contributed by atoms with E-state index in [4.69, 9.17) is 0 Å². The van der Waals surface area contributed by atoms with Crippen LogP contribution < -0.4 is 10.6 Å². The molecule has 136 valence electrons. The molecule has 2 aromatic rings. The van der Waals surface area contributed by atoms with Gasteiger partial charge in [-0.25, -0.2) is 0 Å². The lowest BCUT2D eigenvalue weighted by Gasteiger charge is -2.08. The second-order valence-electron chi connectivity index (χ2n) is 5.91. The highest BCUT2D eigenvalue weighted by Gasteiger charge is 2.15. The van der Waals surface area contributed by atoms with Crippen LogP contribution in [0.3, 0.4) is 0 Å². The third-order valence-corrected chi connectivity index (χ3v) is 4.14. The van der Waals surface area contributed by atoms with Gasteiger partial charge in [0.05, 0.1) is 17.9 Å². The standard InChI is InChI=1S/C17H26N6O2/c1-6-22-13(5)14(12(4)21-22)9-18-16(24)10-19-17(25)15-8-11(3)20-23(15)7-2/h8H,6-7,9-10H2,1-5H3,(H,18,24)(H,19,25). The highest BCUT2D eigenvalue weighted by molar-refractivity contribution is 5.95. The molecule has 2 rings (SSSR count). The Labute approximate surface area is 147 Å². The van der Waals surface area contributed by atoms with E-state index in [0.717, 1.165) is 29.2 Å². The van der Waals surface area contributed by atoms with Crippen LogP contribution in [-0.2, 0) is 24.4 Å². The summed E-state index contributed by atoms with van der Waals surface area (Å²) in [6.45, 7) is 11.4. The molecule has 0 atom stereocenters. The van der Waals surface area contributed by atoms with Crippen molar-refractivity contribution in [2.45, 2.75) is 54.3 Å². The molecule has 0 saturated carbocycles. The first kappa shape index (κ1) is 18.7. The summed E-state index contributed by atoms with van der Waals surface area (Å²) >= 11 is 0. The van der Waals surface area contributed by atoms with E-state index in [-0.39, 0.29) is 18.4 Å². The zero-order chi connectivity index (χ0) is 18.6. The van der Waals surface area contributed by atoms with Crippen molar-refractivity contribution in [1.82, 2.24) is 30.2 Å². The van der Waals surface area contributed by atoms with Crippen molar-refractivity contribution in [3.8, 4) is 0 Å². The van der Waals surface area contributed by atoms with Crippen LogP contribution >= 0.6 is 0 Å². The molecule has 0 radical (unpaired) electrons. The van der Waals surface area contributed by atoms with Crippen molar-refractivity contribution in [1.29, 1.82) is 0 Å². The Morgan fingerprint density at radius 2 is 1.72 bits per heavy atom. The molecule has 0 saturated heterocycles. The van der Waals surface area contributed by atoms with E-state index in [9.17, 15) is 9.59 Å². The highest BCUT2D eigenvalue weighted by atomic mass is 16.2. The molecule has 0 bridgehead atoms. The molecule has 0 aliphatic heterocycles. The molecule has 0 aromatic carbocycles. The zero-order valence-corrected chi connectivity index (χ0v) is 15.5. The maximum atomic E-state index is 12.2. The molecule has 2 heterocycles. The fourth-order valence-electron chi connectivity index (χ4n) is 2.77. The van der Waals surface area contributed by atoms with Gasteiger partial charge in [0.1, 0.15) is 5.69 Å². The van der Waals surface area contributed by atoms with E-state index in [1.165, 1.54) is 0 Å². The second-order valence-corrected chi connectivity index (χ2v) is 5.91. The van der Waals surface area contributed by atoms with Crippen molar-refractivity contribution < 1.29 is 9.59 Å². The first-order valence-electron chi connectivity index (χ1n) is 8.49. The van der Waals surface area contributed by atoms with E-state index in [2.05, 4.69) is 20.8 Å². The van der Waals surface area contributed by atoms with E-state index < -0.39 is 0 Å². The van der Waals surface area contributed by atoms with Crippen molar-refractivity contribution in [2.24, 2.45) is 0 Å². The van der Waals surface area contributed by atoms with Crippen LogP contribution in [0, 0.1) is 20.8 Å². The summed E-state index contributed by atoms with van der Waals surface area (Å²) in [7, 11) is 0. The number of carbonyl (C=O) groups excluding carboxylic acids is 2. The van der Waals surface area contributed by atoms with Crippen molar-refractivity contribution in [3.63, 3.8) is 0 Å². The molecule has 0 spiro atoms. The van der Waals surface area contributed by atoms with Crippen LogP contribution in [0.1, 0.15) is 47.0 Å². The smallest absolute Gasteiger partial charge is 0.269 e. The minimum absolute atomic E-state index is 0.0766. The summed E-state index contributed by atoms with van der Waals surface area (Å²) in [5.74, 6) is -0.542. The van der Waals surface area contributed by atoms with Crippen molar-refractivity contribution >= 4 is 11.8 Å². The number of hydrogen-bond donors (Lipinski definition) is 2. The van der Waals surface area contributed by atoms with Crippen molar-refractivity contribution in [2.75, 3.05) is 6.54 Å². The quantitative estimate of drug-likeness (QED) is 0.785. The van der Waals surface area contributed by atoms with Crippen LogP contribution in [0.25, 0.3) is 0 Å². The number of hydrogen-bond acceptors (Lipinski definition) is 4. The van der Waals surface area contributed by atoms with Gasteiger partial charge in [-0.15, -0.1) is 0 Å². The molecular weight excluding hydrogens is 320 g/mol. The topological polar surface area (TPSA) is 93.8 Å². The summed E-state index contributed by atoms with van der Waals surface area (Å²) < 4.78 is 3.53. The lowest BCUT2D eigenvalue weighted by Crippen LogP contribution is -2.37. The van der Waals surface area contributed by atoms with Crippen LogP contribution in [0.4, 0.5) is 0 Å². The monoisotopic (exact) mass is 346 g/mol. The predicted octanol–water partition coefficient (Wildman–Crippen LogP) is 1.09. The Hall–Kier alpha value is -2.64. The van der Waals surface area contributed by atoms with Crippen LogP contribution in [-0.4, -0.2) is 37.9 Å². The van der Waals surface area contributed by atoms with Gasteiger partial charge in [0.25, 0.3) is 5.91 Å². The Morgan fingerprint density at radius 1 is 1.04 bits per heavy atom. The Balaban J connectivity index is 1.89. The lowest BCUT2D eigenvalue weighted by molar-refractivity contribution is -0.120. The van der Waals surface area contributed by atoms with Gasteiger partial charge < -0.3 is 10.6 Å². The van der Waals surface area contributed by atoms with Gasteiger partial charge >= 0.3 is 0 Å². The number of nitrogens with zero attached hydrogens (tertiary/aromatic N) is 4. The van der Waals surface area contributed by atoms with Gasteiger partial charge in [-0.05, 0) is 40.7 Å². The Kier molecular flexibility index (Phi) is 5.95. The molecule has 0 fully saturated rings. The number of aromatic nitrogens is 4. The fraction of sp³-hybridized carbons (Fsp3) is 0.529. The number of rotatable bonds is 7. The molecule has 8 nitrogen and oxygen atoms in total. The maximum Gasteiger partial charge on any atom is 0.269 e. The molecule has 25 heavy (non-hydrogen) atoms. The summed E-state index contributed by atoms with van der Waals surface area (Å²) in [4.78, 5) is 24.2. The predicted molar refractivity (Wildman–Crippen MR) is 94.2 cm³/mol. The van der Waals surface area contributed by atoms with Crippen LogP contribution in [0.5, 0.6) is 0 Å². The fourth-order valence-corrected chi connectivity index (χ4v) is 2.77. The average Bonchev–Trinajstić information content (AvgIpc) is 3.10. The SMILES string of the molecule is CCn1nc(C)cc1C(=O)NCC(=O)NCc1c(C)nn(CC)c1C. The van der Waals surface area contributed by atoms with Crippen LogP contribution in [0.2, 0.25) is 0 Å². The number of carbonyl (C=O) groups is 2. The molecule has 2 aromatic heterocycles. The van der Waals surface area contributed by atoms with E-state index in [1.807, 2.05) is 39.3 Å². The molecule has 2 N–H and O–H groups in total. The van der Waals surface area contributed by atoms with Gasteiger partial charge in [0.15, 0.2) is 0 Å².